The van der Waals surface area contributed by atoms with E-state index in [-0.39, 0.29) is 5.78 Å². The highest BCUT2D eigenvalue weighted by Crippen LogP contribution is 2.20. The summed E-state index contributed by atoms with van der Waals surface area (Å²) in [6.07, 6.45) is 1.75. The molecule has 88 valence electrons. The Bertz CT molecular complexity index is 584. The van der Waals surface area contributed by atoms with Crippen molar-refractivity contribution in [3.63, 3.8) is 0 Å². The molecule has 1 aromatic heterocycles. The van der Waals surface area contributed by atoms with E-state index >= 15 is 0 Å². The van der Waals surface area contributed by atoms with Crippen LogP contribution in [0.15, 0.2) is 24.5 Å². The van der Waals surface area contributed by atoms with Gasteiger partial charge in [-0.1, -0.05) is 0 Å². The number of carbonyl (C=O) groups is 1. The molecule has 0 aliphatic rings. The van der Waals surface area contributed by atoms with Gasteiger partial charge in [0.25, 0.3) is 0 Å². The van der Waals surface area contributed by atoms with Crippen LogP contribution in [0, 0.1) is 13.8 Å². The predicted octanol–water partition coefficient (Wildman–Crippen LogP) is 2.27. The van der Waals surface area contributed by atoms with E-state index < -0.39 is 0 Å². The molecular formula is C13H15N3O. The van der Waals surface area contributed by atoms with E-state index in [2.05, 4.69) is 4.98 Å². The lowest BCUT2D eigenvalue weighted by Crippen LogP contribution is -2.03. The van der Waals surface area contributed by atoms with Crippen LogP contribution in [0.4, 0.5) is 5.69 Å². The van der Waals surface area contributed by atoms with Crippen LogP contribution in [0.3, 0.4) is 0 Å². The molecule has 2 aromatic rings. The Labute approximate surface area is 100 Å². The molecule has 0 unspecified atom stereocenters. The second-order valence-corrected chi connectivity index (χ2v) is 4.11. The number of hydrogen-bond acceptors (Lipinski definition) is 3. The number of hydrogen-bond donors (Lipinski definition) is 1. The number of ketones is 1. The first-order valence-corrected chi connectivity index (χ1v) is 5.42. The maximum Gasteiger partial charge on any atom is 0.161 e. The van der Waals surface area contributed by atoms with Crippen molar-refractivity contribution in [1.29, 1.82) is 0 Å². The van der Waals surface area contributed by atoms with Gasteiger partial charge in [0.15, 0.2) is 5.78 Å². The normalized spacial score (nSPS) is 10.5. The largest absolute Gasteiger partial charge is 0.398 e. The average molecular weight is 229 g/mol. The number of nitrogen functional groups attached to an aromatic ring is 1. The van der Waals surface area contributed by atoms with Crippen molar-refractivity contribution in [3.8, 4) is 5.69 Å². The second-order valence-electron chi connectivity index (χ2n) is 4.11. The lowest BCUT2D eigenvalue weighted by Gasteiger charge is -2.08. The summed E-state index contributed by atoms with van der Waals surface area (Å²) in [5.74, 6) is -0.0289. The number of nitrogens with zero attached hydrogens (tertiary/aromatic N) is 2. The summed E-state index contributed by atoms with van der Waals surface area (Å²) in [5, 5.41) is 0. The predicted molar refractivity (Wildman–Crippen MR) is 67.5 cm³/mol. The Morgan fingerprint density at radius 1 is 1.35 bits per heavy atom. The molecule has 0 radical (unpaired) electrons. The molecular weight excluding hydrogens is 214 g/mol. The Morgan fingerprint density at radius 3 is 2.59 bits per heavy atom. The fraction of sp³-hybridized carbons (Fsp3) is 0.231. The summed E-state index contributed by atoms with van der Waals surface area (Å²) in [6.45, 7) is 5.46. The molecule has 0 aliphatic carbocycles. The minimum absolute atomic E-state index is 0.0289. The van der Waals surface area contributed by atoms with Crippen LogP contribution in [-0.4, -0.2) is 15.3 Å². The number of imidazole rings is 1. The summed E-state index contributed by atoms with van der Waals surface area (Å²) in [4.78, 5) is 15.7. The number of nitrogens with two attached hydrogens (primary N) is 1. The first-order chi connectivity index (χ1) is 8.00. The number of benzene rings is 1. The van der Waals surface area contributed by atoms with Gasteiger partial charge in [0.2, 0.25) is 0 Å². The number of Topliss-reactive ketones (excluding diaryl/α,β-unsaturated/α-hetero) is 1. The monoisotopic (exact) mass is 229 g/mol. The third kappa shape index (κ3) is 1.93. The van der Waals surface area contributed by atoms with Crippen LogP contribution >= 0.6 is 0 Å². The fourth-order valence-corrected chi connectivity index (χ4v) is 1.76. The Hall–Kier alpha value is -2.10. The van der Waals surface area contributed by atoms with Crippen LogP contribution in [0.25, 0.3) is 5.69 Å². The minimum atomic E-state index is -0.0289. The number of anilines is 1. The van der Waals surface area contributed by atoms with E-state index in [9.17, 15) is 4.79 Å². The van der Waals surface area contributed by atoms with Gasteiger partial charge >= 0.3 is 0 Å². The Kier molecular flexibility index (Phi) is 2.71. The molecule has 1 heterocycles. The van der Waals surface area contributed by atoms with Gasteiger partial charge in [0, 0.05) is 22.6 Å². The summed E-state index contributed by atoms with van der Waals surface area (Å²) >= 11 is 0. The van der Waals surface area contributed by atoms with Crippen LogP contribution in [0.5, 0.6) is 0 Å². The average Bonchev–Trinajstić information content (AvgIpc) is 2.60. The third-order valence-corrected chi connectivity index (χ3v) is 2.95. The highest BCUT2D eigenvalue weighted by Gasteiger charge is 2.09. The molecule has 0 saturated carbocycles. The zero-order valence-electron chi connectivity index (χ0n) is 10.2. The van der Waals surface area contributed by atoms with Crippen molar-refractivity contribution in [3.05, 3.63) is 41.5 Å². The van der Waals surface area contributed by atoms with E-state index in [0.29, 0.717) is 11.3 Å². The fourth-order valence-electron chi connectivity index (χ4n) is 1.76. The molecule has 0 bridgehead atoms. The van der Waals surface area contributed by atoms with Gasteiger partial charge < -0.3 is 10.3 Å². The van der Waals surface area contributed by atoms with Gasteiger partial charge in [-0.3, -0.25) is 4.79 Å². The second kappa shape index (κ2) is 4.05. The molecule has 0 fully saturated rings. The molecule has 0 saturated heterocycles. The third-order valence-electron chi connectivity index (χ3n) is 2.95. The molecule has 0 atom stereocenters. The first-order valence-electron chi connectivity index (χ1n) is 5.42. The van der Waals surface area contributed by atoms with Crippen molar-refractivity contribution >= 4 is 11.5 Å². The topological polar surface area (TPSA) is 60.9 Å². The standard InChI is InChI=1S/C13H15N3O/c1-8-9(2)16(7-15-8)11-4-5-13(14)12(6-11)10(3)17/h4-7H,14H2,1-3H3. The van der Waals surface area contributed by atoms with Crippen LogP contribution in [0.1, 0.15) is 28.7 Å². The van der Waals surface area contributed by atoms with Crippen molar-refractivity contribution < 1.29 is 4.79 Å². The van der Waals surface area contributed by atoms with E-state index in [1.165, 1.54) is 6.92 Å². The van der Waals surface area contributed by atoms with Gasteiger partial charge in [-0.2, -0.15) is 0 Å². The molecule has 0 aliphatic heterocycles. The van der Waals surface area contributed by atoms with Crippen molar-refractivity contribution in [1.82, 2.24) is 9.55 Å². The summed E-state index contributed by atoms with van der Waals surface area (Å²) in [6, 6.07) is 5.43. The molecule has 4 nitrogen and oxygen atoms in total. The van der Waals surface area contributed by atoms with E-state index in [1.807, 2.05) is 24.5 Å². The smallest absolute Gasteiger partial charge is 0.161 e. The molecule has 17 heavy (non-hydrogen) atoms. The quantitative estimate of drug-likeness (QED) is 0.634. The Morgan fingerprint density at radius 2 is 2.06 bits per heavy atom. The summed E-state index contributed by atoms with van der Waals surface area (Å²) < 4.78 is 1.95. The molecule has 4 heteroatoms. The maximum absolute atomic E-state index is 11.4. The highest BCUT2D eigenvalue weighted by molar-refractivity contribution is 5.99. The highest BCUT2D eigenvalue weighted by atomic mass is 16.1. The molecule has 0 spiro atoms. The van der Waals surface area contributed by atoms with Crippen LogP contribution < -0.4 is 5.73 Å². The van der Waals surface area contributed by atoms with E-state index in [1.54, 1.807) is 18.5 Å². The lowest BCUT2D eigenvalue weighted by molar-refractivity contribution is 0.101. The molecule has 2 N–H and O–H groups in total. The maximum atomic E-state index is 11.4. The van der Waals surface area contributed by atoms with E-state index in [0.717, 1.165) is 17.1 Å². The first kappa shape index (κ1) is 11.4. The number of aromatic nitrogens is 2. The zero-order chi connectivity index (χ0) is 12.6. The number of rotatable bonds is 2. The van der Waals surface area contributed by atoms with Crippen LogP contribution in [0.2, 0.25) is 0 Å². The van der Waals surface area contributed by atoms with Crippen molar-refractivity contribution in [2.45, 2.75) is 20.8 Å². The summed E-state index contributed by atoms with van der Waals surface area (Å²) in [5.41, 5.74) is 9.77. The zero-order valence-corrected chi connectivity index (χ0v) is 10.2. The molecule has 0 amide bonds. The molecule has 1 aromatic carbocycles. The van der Waals surface area contributed by atoms with E-state index in [4.69, 9.17) is 5.73 Å². The minimum Gasteiger partial charge on any atom is -0.398 e. The van der Waals surface area contributed by atoms with Gasteiger partial charge in [-0.05, 0) is 39.0 Å². The van der Waals surface area contributed by atoms with Gasteiger partial charge in [0.1, 0.15) is 0 Å². The summed E-state index contributed by atoms with van der Waals surface area (Å²) in [7, 11) is 0. The van der Waals surface area contributed by atoms with Crippen molar-refractivity contribution in [2.75, 3.05) is 5.73 Å². The SMILES string of the molecule is CC(=O)c1cc(-n2cnc(C)c2C)ccc1N. The number of carbonyl (C=O) groups excluding carboxylic acids is 1. The van der Waals surface area contributed by atoms with Crippen molar-refractivity contribution in [2.24, 2.45) is 0 Å². The van der Waals surface area contributed by atoms with Crippen LogP contribution in [-0.2, 0) is 0 Å². The Balaban J connectivity index is 2.58. The van der Waals surface area contributed by atoms with Gasteiger partial charge in [-0.25, -0.2) is 4.98 Å². The number of aryl methyl sites for hydroxylation is 1. The van der Waals surface area contributed by atoms with Gasteiger partial charge in [0.05, 0.1) is 12.0 Å². The lowest BCUT2D eigenvalue weighted by atomic mass is 10.1. The van der Waals surface area contributed by atoms with Gasteiger partial charge in [-0.15, -0.1) is 0 Å². The molecule has 2 rings (SSSR count).